The van der Waals surface area contributed by atoms with Crippen LogP contribution in [0, 0.1) is 12.7 Å². The van der Waals surface area contributed by atoms with Crippen molar-refractivity contribution in [1.82, 2.24) is 24.7 Å². The molecule has 0 N–H and O–H groups in total. The largest absolute Gasteiger partial charge is 0.335 e. The van der Waals surface area contributed by atoms with E-state index in [9.17, 15) is 14.0 Å². The van der Waals surface area contributed by atoms with E-state index in [4.69, 9.17) is 0 Å². The molecule has 4 heterocycles. The fourth-order valence-corrected chi connectivity index (χ4v) is 5.70. The first-order valence-corrected chi connectivity index (χ1v) is 12.2. The van der Waals surface area contributed by atoms with Gasteiger partial charge >= 0.3 is 0 Å². The van der Waals surface area contributed by atoms with Crippen molar-refractivity contribution in [2.45, 2.75) is 13.0 Å². The van der Waals surface area contributed by atoms with Crippen LogP contribution in [0.15, 0.2) is 35.2 Å². The lowest BCUT2D eigenvalue weighted by atomic mass is 10.1. The average Bonchev–Trinajstić information content (AvgIpc) is 3.43. The number of benzene rings is 1. The molecule has 1 aromatic carbocycles. The first kappa shape index (κ1) is 21.2. The number of nitrogens with zero attached hydrogens (tertiary/aromatic N) is 5. The molecule has 7 nitrogen and oxygen atoms in total. The maximum Gasteiger partial charge on any atom is 0.273 e. The van der Waals surface area contributed by atoms with Crippen molar-refractivity contribution in [2.24, 2.45) is 0 Å². The van der Waals surface area contributed by atoms with Gasteiger partial charge in [-0.2, -0.15) is 0 Å². The number of aromatic nitrogens is 2. The number of hydrogen-bond donors (Lipinski definition) is 0. The van der Waals surface area contributed by atoms with Crippen LogP contribution in [0.2, 0.25) is 0 Å². The number of halogens is 1. The van der Waals surface area contributed by atoms with E-state index in [1.54, 1.807) is 36.0 Å². The molecule has 2 aromatic heterocycles. The third kappa shape index (κ3) is 3.94. The van der Waals surface area contributed by atoms with Crippen LogP contribution in [0.1, 0.15) is 25.9 Å². The average molecular weight is 472 g/mol. The zero-order chi connectivity index (χ0) is 22.2. The Bertz CT molecular complexity index is 1140. The minimum absolute atomic E-state index is 0.0114. The zero-order valence-corrected chi connectivity index (χ0v) is 19.2. The Labute approximate surface area is 193 Å². The lowest BCUT2D eigenvalue weighted by molar-refractivity contribution is 0.00865. The van der Waals surface area contributed by atoms with Gasteiger partial charge in [-0.25, -0.2) is 14.4 Å². The molecule has 2 aliphatic rings. The van der Waals surface area contributed by atoms with Gasteiger partial charge < -0.3 is 9.80 Å². The van der Waals surface area contributed by atoms with Crippen molar-refractivity contribution in [2.75, 3.05) is 39.3 Å². The quantitative estimate of drug-likeness (QED) is 0.585. The molecule has 0 spiro atoms. The summed E-state index contributed by atoms with van der Waals surface area (Å²) in [6.45, 7) is 6.03. The standard InChI is InChI=1S/C22H22FN5O2S2/c1-14-19(32-20(25-14)16-4-2-3-5-17(16)23)22(30)28-10-15(11-28)26-6-8-27(9-7-26)21(29)18-12-31-13-24-18/h2-5,12-13,15H,6-11H2,1H3. The van der Waals surface area contributed by atoms with E-state index in [-0.39, 0.29) is 17.6 Å². The van der Waals surface area contributed by atoms with E-state index in [0.29, 0.717) is 59.1 Å². The highest BCUT2D eigenvalue weighted by Gasteiger charge is 2.38. The summed E-state index contributed by atoms with van der Waals surface area (Å²) in [6, 6.07) is 6.79. The smallest absolute Gasteiger partial charge is 0.273 e. The SMILES string of the molecule is Cc1nc(-c2ccccc2F)sc1C(=O)N1CC(N2CCN(C(=O)c3cscn3)CC2)C1. The highest BCUT2D eigenvalue weighted by atomic mass is 32.1. The minimum atomic E-state index is -0.336. The molecule has 2 amide bonds. The second-order valence-corrected chi connectivity index (χ2v) is 9.70. The molecule has 0 atom stereocenters. The highest BCUT2D eigenvalue weighted by molar-refractivity contribution is 7.17. The summed E-state index contributed by atoms with van der Waals surface area (Å²) >= 11 is 2.67. The van der Waals surface area contributed by atoms with E-state index < -0.39 is 0 Å². The Hall–Kier alpha value is -2.69. The molecule has 3 aromatic rings. The maximum atomic E-state index is 14.1. The van der Waals surface area contributed by atoms with E-state index in [1.165, 1.54) is 28.7 Å². The first-order valence-electron chi connectivity index (χ1n) is 10.4. The Morgan fingerprint density at radius 1 is 1.06 bits per heavy atom. The summed E-state index contributed by atoms with van der Waals surface area (Å²) in [5.41, 5.74) is 3.24. The molecule has 5 rings (SSSR count). The minimum Gasteiger partial charge on any atom is -0.335 e. The van der Waals surface area contributed by atoms with Gasteiger partial charge in [0.05, 0.1) is 11.2 Å². The van der Waals surface area contributed by atoms with Gasteiger partial charge in [-0.3, -0.25) is 14.5 Å². The van der Waals surface area contributed by atoms with Crippen molar-refractivity contribution in [3.8, 4) is 10.6 Å². The molecule has 2 aliphatic heterocycles. The fourth-order valence-electron chi connectivity index (χ4n) is 4.11. The summed E-state index contributed by atoms with van der Waals surface area (Å²) in [5, 5.41) is 2.31. The van der Waals surface area contributed by atoms with Gasteiger partial charge in [0.1, 0.15) is 21.4 Å². The van der Waals surface area contributed by atoms with Gasteiger partial charge in [0.25, 0.3) is 11.8 Å². The van der Waals surface area contributed by atoms with Crippen LogP contribution in [0.5, 0.6) is 0 Å². The summed E-state index contributed by atoms with van der Waals surface area (Å²) in [4.78, 5) is 40.6. The second kappa shape index (κ2) is 8.68. The maximum absolute atomic E-state index is 14.1. The second-order valence-electron chi connectivity index (χ2n) is 7.98. The molecule has 10 heteroatoms. The van der Waals surface area contributed by atoms with Crippen LogP contribution in [0.25, 0.3) is 10.6 Å². The van der Waals surface area contributed by atoms with Gasteiger partial charge in [0.15, 0.2) is 0 Å². The van der Waals surface area contributed by atoms with Crippen molar-refractivity contribution in [3.63, 3.8) is 0 Å². The Kier molecular flexibility index (Phi) is 5.75. The lowest BCUT2D eigenvalue weighted by Gasteiger charge is -2.48. The molecule has 2 saturated heterocycles. The third-order valence-corrected chi connectivity index (χ3v) is 7.78. The molecule has 166 valence electrons. The summed E-state index contributed by atoms with van der Waals surface area (Å²) in [5.74, 6) is -0.393. The predicted molar refractivity (Wildman–Crippen MR) is 122 cm³/mol. The van der Waals surface area contributed by atoms with Crippen LogP contribution in [-0.4, -0.2) is 81.8 Å². The van der Waals surface area contributed by atoms with Gasteiger partial charge in [-0.1, -0.05) is 12.1 Å². The Morgan fingerprint density at radius 2 is 1.81 bits per heavy atom. The van der Waals surface area contributed by atoms with Crippen molar-refractivity contribution < 1.29 is 14.0 Å². The van der Waals surface area contributed by atoms with E-state index in [1.807, 2.05) is 9.80 Å². The number of hydrogen-bond acceptors (Lipinski definition) is 7. The molecule has 0 saturated carbocycles. The van der Waals surface area contributed by atoms with Crippen LogP contribution in [-0.2, 0) is 0 Å². The molecule has 0 aliphatic carbocycles. The molecular formula is C22H22FN5O2S2. The van der Waals surface area contributed by atoms with Gasteiger partial charge in [0.2, 0.25) is 0 Å². The highest BCUT2D eigenvalue weighted by Crippen LogP contribution is 2.31. The number of amides is 2. The predicted octanol–water partition coefficient (Wildman–Crippen LogP) is 3.00. The molecule has 0 radical (unpaired) electrons. The van der Waals surface area contributed by atoms with Crippen LogP contribution < -0.4 is 0 Å². The molecule has 32 heavy (non-hydrogen) atoms. The number of carbonyl (C=O) groups excluding carboxylic acids is 2. The molecule has 2 fully saturated rings. The Balaban J connectivity index is 1.17. The molecule has 0 bridgehead atoms. The Morgan fingerprint density at radius 3 is 2.50 bits per heavy atom. The van der Waals surface area contributed by atoms with Gasteiger partial charge in [-0.15, -0.1) is 22.7 Å². The van der Waals surface area contributed by atoms with E-state index in [0.717, 1.165) is 13.1 Å². The van der Waals surface area contributed by atoms with Gasteiger partial charge in [0, 0.05) is 56.3 Å². The summed E-state index contributed by atoms with van der Waals surface area (Å²) in [7, 11) is 0. The summed E-state index contributed by atoms with van der Waals surface area (Å²) in [6.07, 6.45) is 0. The molecule has 0 unspecified atom stereocenters. The van der Waals surface area contributed by atoms with Crippen molar-refractivity contribution >= 4 is 34.5 Å². The van der Waals surface area contributed by atoms with Gasteiger partial charge in [-0.05, 0) is 19.1 Å². The number of thiazole rings is 2. The van der Waals surface area contributed by atoms with Crippen LogP contribution >= 0.6 is 22.7 Å². The zero-order valence-electron chi connectivity index (χ0n) is 17.5. The van der Waals surface area contributed by atoms with E-state index >= 15 is 0 Å². The van der Waals surface area contributed by atoms with E-state index in [2.05, 4.69) is 14.9 Å². The number of carbonyl (C=O) groups is 2. The number of piperazine rings is 1. The monoisotopic (exact) mass is 471 g/mol. The fraction of sp³-hybridized carbons (Fsp3) is 0.364. The summed E-state index contributed by atoms with van der Waals surface area (Å²) < 4.78 is 14.1. The number of likely N-dealkylation sites (tertiary alicyclic amines) is 1. The normalized spacial score (nSPS) is 17.4. The molecular weight excluding hydrogens is 449 g/mol. The van der Waals surface area contributed by atoms with Crippen LogP contribution in [0.3, 0.4) is 0 Å². The third-order valence-electron chi connectivity index (χ3n) is 6.01. The van der Waals surface area contributed by atoms with Crippen molar-refractivity contribution in [3.05, 3.63) is 57.2 Å². The number of rotatable bonds is 4. The van der Waals surface area contributed by atoms with Crippen molar-refractivity contribution in [1.29, 1.82) is 0 Å². The lowest BCUT2D eigenvalue weighted by Crippen LogP contribution is -2.64. The number of aryl methyl sites for hydroxylation is 1. The van der Waals surface area contributed by atoms with Crippen LogP contribution in [0.4, 0.5) is 4.39 Å². The first-order chi connectivity index (χ1) is 15.5. The topological polar surface area (TPSA) is 69.6 Å².